The van der Waals surface area contributed by atoms with Crippen molar-refractivity contribution >= 4 is 50.4 Å². The molecule has 3 aromatic rings. The molecule has 0 saturated heterocycles. The minimum absolute atomic E-state index is 0.811. The molecule has 24 heavy (non-hydrogen) atoms. The van der Waals surface area contributed by atoms with Gasteiger partial charge in [-0.15, -0.1) is 23.1 Å². The summed E-state index contributed by atoms with van der Waals surface area (Å²) in [4.78, 5) is 7.05. The lowest BCUT2D eigenvalue weighted by molar-refractivity contribution is 1.28. The molecule has 3 rings (SSSR count). The van der Waals surface area contributed by atoms with Gasteiger partial charge in [-0.2, -0.15) is 5.10 Å². The van der Waals surface area contributed by atoms with Crippen LogP contribution in [0.25, 0.3) is 11.3 Å². The fourth-order valence-corrected chi connectivity index (χ4v) is 3.85. The van der Waals surface area contributed by atoms with Gasteiger partial charge in [-0.1, -0.05) is 46.3 Å². The largest absolute Gasteiger partial charge is 0.253 e. The molecule has 0 aliphatic rings. The van der Waals surface area contributed by atoms with Crippen LogP contribution in [0.15, 0.2) is 69.1 Å². The van der Waals surface area contributed by atoms with E-state index in [4.69, 9.17) is 0 Å². The molecular formula is C18H16BrN3S2. The van der Waals surface area contributed by atoms with Gasteiger partial charge in [0.15, 0.2) is 0 Å². The number of halogens is 1. The molecule has 0 amide bonds. The summed E-state index contributed by atoms with van der Waals surface area (Å²) >= 11 is 6.82. The Hall–Kier alpha value is -1.63. The van der Waals surface area contributed by atoms with Gasteiger partial charge >= 0.3 is 0 Å². The van der Waals surface area contributed by atoms with Crippen molar-refractivity contribution in [3.05, 3.63) is 63.9 Å². The fourth-order valence-electron chi connectivity index (χ4n) is 2.11. The molecule has 0 aliphatic heterocycles. The molecule has 2 aromatic carbocycles. The van der Waals surface area contributed by atoms with E-state index in [9.17, 15) is 0 Å². The minimum Gasteiger partial charge on any atom is -0.253 e. The van der Waals surface area contributed by atoms with Crippen molar-refractivity contribution in [2.45, 2.75) is 11.8 Å². The minimum atomic E-state index is 0.811. The highest BCUT2D eigenvalue weighted by atomic mass is 79.9. The number of rotatable bonds is 6. The van der Waals surface area contributed by atoms with Gasteiger partial charge in [-0.3, -0.25) is 5.43 Å². The number of aromatic nitrogens is 1. The van der Waals surface area contributed by atoms with Crippen molar-refractivity contribution in [3.8, 4) is 11.3 Å². The molecule has 6 heteroatoms. The standard InChI is InChI=1S/C18H16BrN3S2/c1-13-17(14-7-9-15(19)10-8-14)21-18(24-13)22-20-11-12-23-16-5-3-2-4-6-16/h2-11H,12H2,1H3,(H,21,22)/b20-11+. The van der Waals surface area contributed by atoms with E-state index in [2.05, 4.69) is 62.6 Å². The SMILES string of the molecule is Cc1sc(N/N=C/CSc2ccccc2)nc1-c1ccc(Br)cc1. The average molecular weight is 418 g/mol. The van der Waals surface area contributed by atoms with Gasteiger partial charge in [0, 0.05) is 31.8 Å². The van der Waals surface area contributed by atoms with Gasteiger partial charge in [0.2, 0.25) is 5.13 Å². The number of hydrogen-bond donors (Lipinski definition) is 1. The monoisotopic (exact) mass is 417 g/mol. The van der Waals surface area contributed by atoms with E-state index in [1.54, 1.807) is 23.1 Å². The Morgan fingerprint density at radius 1 is 1.17 bits per heavy atom. The second-order valence-electron chi connectivity index (χ2n) is 4.98. The van der Waals surface area contributed by atoms with Gasteiger partial charge in [0.25, 0.3) is 0 Å². The first kappa shape index (κ1) is 17.2. The number of thiazole rings is 1. The van der Waals surface area contributed by atoms with Crippen LogP contribution in [0, 0.1) is 6.92 Å². The topological polar surface area (TPSA) is 37.3 Å². The number of hydrogen-bond acceptors (Lipinski definition) is 5. The summed E-state index contributed by atoms with van der Waals surface area (Å²) in [6.07, 6.45) is 1.87. The van der Waals surface area contributed by atoms with E-state index in [-0.39, 0.29) is 0 Å². The van der Waals surface area contributed by atoms with Crippen LogP contribution < -0.4 is 5.43 Å². The van der Waals surface area contributed by atoms with Gasteiger partial charge in [-0.05, 0) is 31.2 Å². The Balaban J connectivity index is 1.57. The maximum absolute atomic E-state index is 4.64. The highest BCUT2D eigenvalue weighted by Crippen LogP contribution is 2.31. The smallest absolute Gasteiger partial charge is 0.204 e. The van der Waals surface area contributed by atoms with E-state index in [1.807, 2.05) is 36.5 Å². The molecule has 1 aromatic heterocycles. The summed E-state index contributed by atoms with van der Waals surface area (Å²) in [7, 11) is 0. The second-order valence-corrected chi connectivity index (χ2v) is 8.19. The van der Waals surface area contributed by atoms with Crippen LogP contribution in [-0.4, -0.2) is 17.0 Å². The summed E-state index contributed by atoms with van der Waals surface area (Å²) in [5.74, 6) is 0.820. The predicted octanol–water partition coefficient (Wildman–Crippen LogP) is 6.07. The Labute approximate surface area is 158 Å². The highest BCUT2D eigenvalue weighted by Gasteiger charge is 2.09. The van der Waals surface area contributed by atoms with E-state index >= 15 is 0 Å². The van der Waals surface area contributed by atoms with Crippen LogP contribution in [0.3, 0.4) is 0 Å². The van der Waals surface area contributed by atoms with Gasteiger partial charge in [0.1, 0.15) is 0 Å². The van der Waals surface area contributed by atoms with Crippen LogP contribution in [0.1, 0.15) is 4.88 Å². The van der Waals surface area contributed by atoms with Crippen molar-refractivity contribution in [2.75, 3.05) is 11.2 Å². The van der Waals surface area contributed by atoms with E-state index in [0.29, 0.717) is 0 Å². The first-order valence-corrected chi connectivity index (χ1v) is 10.0. The lowest BCUT2D eigenvalue weighted by Gasteiger charge is -1.98. The maximum Gasteiger partial charge on any atom is 0.204 e. The lowest BCUT2D eigenvalue weighted by atomic mass is 10.1. The molecule has 0 radical (unpaired) electrons. The summed E-state index contributed by atoms with van der Waals surface area (Å²) in [5.41, 5.74) is 5.15. The van der Waals surface area contributed by atoms with Crippen LogP contribution in [0.2, 0.25) is 0 Å². The van der Waals surface area contributed by atoms with E-state index in [0.717, 1.165) is 26.6 Å². The number of nitrogens with zero attached hydrogens (tertiary/aromatic N) is 2. The zero-order chi connectivity index (χ0) is 16.8. The van der Waals surface area contributed by atoms with Crippen molar-refractivity contribution in [1.82, 2.24) is 4.98 Å². The Morgan fingerprint density at radius 2 is 1.92 bits per heavy atom. The van der Waals surface area contributed by atoms with E-state index in [1.165, 1.54) is 9.77 Å². The Morgan fingerprint density at radius 3 is 2.67 bits per heavy atom. The number of benzene rings is 2. The molecule has 0 aliphatic carbocycles. The van der Waals surface area contributed by atoms with E-state index < -0.39 is 0 Å². The Kier molecular flexibility index (Phi) is 6.07. The molecule has 0 atom stereocenters. The fraction of sp³-hybridized carbons (Fsp3) is 0.111. The van der Waals surface area contributed by atoms with Gasteiger partial charge in [0.05, 0.1) is 5.69 Å². The second kappa shape index (κ2) is 8.46. The number of hydrazone groups is 1. The third-order valence-corrected chi connectivity index (χ3v) is 5.56. The van der Waals surface area contributed by atoms with Crippen LogP contribution in [0.4, 0.5) is 5.13 Å². The molecule has 0 spiro atoms. The number of nitrogens with one attached hydrogen (secondary N) is 1. The first-order chi connectivity index (χ1) is 11.7. The molecule has 0 fully saturated rings. The highest BCUT2D eigenvalue weighted by molar-refractivity contribution is 9.10. The molecule has 122 valence electrons. The maximum atomic E-state index is 4.64. The number of anilines is 1. The molecule has 0 bridgehead atoms. The van der Waals surface area contributed by atoms with Gasteiger partial charge in [-0.25, -0.2) is 4.98 Å². The number of aryl methyl sites for hydroxylation is 1. The number of thioether (sulfide) groups is 1. The van der Waals surface area contributed by atoms with Crippen LogP contribution >= 0.6 is 39.0 Å². The summed E-state index contributed by atoms with van der Waals surface area (Å²) in [6.45, 7) is 2.08. The van der Waals surface area contributed by atoms with Crippen LogP contribution in [0.5, 0.6) is 0 Å². The third-order valence-electron chi connectivity index (χ3n) is 3.23. The normalized spacial score (nSPS) is 11.1. The third kappa shape index (κ3) is 4.69. The predicted molar refractivity (Wildman–Crippen MR) is 109 cm³/mol. The summed E-state index contributed by atoms with van der Waals surface area (Å²) in [5, 5.41) is 5.07. The van der Waals surface area contributed by atoms with Crippen molar-refractivity contribution < 1.29 is 0 Å². The molecule has 3 nitrogen and oxygen atoms in total. The molecule has 1 N–H and O–H groups in total. The molecule has 0 saturated carbocycles. The zero-order valence-corrected chi connectivity index (χ0v) is 16.3. The molecule has 0 unspecified atom stereocenters. The van der Waals surface area contributed by atoms with Gasteiger partial charge < -0.3 is 0 Å². The Bertz CT molecular complexity index is 814. The zero-order valence-electron chi connectivity index (χ0n) is 13.1. The lowest BCUT2D eigenvalue weighted by Crippen LogP contribution is -1.90. The summed E-state index contributed by atoms with van der Waals surface area (Å²) in [6, 6.07) is 18.5. The van der Waals surface area contributed by atoms with Crippen LogP contribution in [-0.2, 0) is 0 Å². The quantitative estimate of drug-likeness (QED) is 0.300. The van der Waals surface area contributed by atoms with Crippen molar-refractivity contribution in [2.24, 2.45) is 5.10 Å². The molecular weight excluding hydrogens is 402 g/mol. The summed E-state index contributed by atoms with van der Waals surface area (Å²) < 4.78 is 1.07. The average Bonchev–Trinajstić information content (AvgIpc) is 2.97. The first-order valence-electron chi connectivity index (χ1n) is 7.41. The molecule has 1 heterocycles. The van der Waals surface area contributed by atoms with Crippen molar-refractivity contribution in [1.29, 1.82) is 0 Å². The van der Waals surface area contributed by atoms with Crippen molar-refractivity contribution in [3.63, 3.8) is 0 Å².